The van der Waals surface area contributed by atoms with E-state index in [2.05, 4.69) is 0 Å². The topological polar surface area (TPSA) is 191 Å². The van der Waals surface area contributed by atoms with E-state index in [4.69, 9.17) is 23.7 Å². The second-order valence-corrected chi connectivity index (χ2v) is 10.4. The van der Waals surface area contributed by atoms with Crippen LogP contribution in [-0.4, -0.2) is 141 Å². The summed E-state index contributed by atoms with van der Waals surface area (Å²) in [6, 6.07) is 0. The Bertz CT molecular complexity index is 667. The average molecular weight is 510 g/mol. The third-order valence-corrected chi connectivity index (χ3v) is 8.34. The van der Waals surface area contributed by atoms with Crippen LogP contribution in [0.4, 0.5) is 0 Å². The lowest BCUT2D eigenvalue weighted by molar-refractivity contribution is -0.357. The fourth-order valence-corrected chi connectivity index (χ4v) is 6.34. The van der Waals surface area contributed by atoms with E-state index >= 15 is 0 Å². The summed E-state index contributed by atoms with van der Waals surface area (Å²) in [5.74, 6) is -0.407. The largest absolute Gasteiger partial charge is 0.427 e. The maximum absolute atomic E-state index is 10.7. The van der Waals surface area contributed by atoms with Crippen molar-refractivity contribution >= 4 is 0 Å². The number of hydrogen-bond donors (Lipinski definition) is 7. The van der Waals surface area contributed by atoms with Gasteiger partial charge in [0, 0.05) is 33.0 Å². The van der Waals surface area contributed by atoms with E-state index < -0.39 is 80.0 Å². The number of methoxy groups -OCH3 is 2. The lowest BCUT2D eigenvalue weighted by atomic mass is 9.72. The summed E-state index contributed by atoms with van der Waals surface area (Å²) in [5.41, 5.74) is 0. The predicted molar refractivity (Wildman–Crippen MR) is 118 cm³/mol. The van der Waals surface area contributed by atoms with Crippen LogP contribution < -0.4 is 0 Å². The van der Waals surface area contributed by atoms with Crippen LogP contribution in [0.15, 0.2) is 0 Å². The Morgan fingerprint density at radius 1 is 0.771 bits per heavy atom. The third kappa shape index (κ3) is 5.54. The van der Waals surface area contributed by atoms with E-state index in [0.717, 1.165) is 0 Å². The molecule has 0 amide bonds. The molecule has 4 aliphatic rings. The fourth-order valence-electron chi connectivity index (χ4n) is 6.34. The maximum atomic E-state index is 10.7. The summed E-state index contributed by atoms with van der Waals surface area (Å²) < 4.78 is 27.8. The van der Waals surface area contributed by atoms with Gasteiger partial charge in [0.1, 0.15) is 36.6 Å². The Hall–Kier alpha value is -0.480. The fraction of sp³-hybridized carbons (Fsp3) is 1.00. The molecule has 2 heterocycles. The highest BCUT2D eigenvalue weighted by Crippen LogP contribution is 2.42. The molecule has 0 spiro atoms. The van der Waals surface area contributed by atoms with Gasteiger partial charge in [0.05, 0.1) is 36.9 Å². The molecule has 2 saturated carbocycles. The van der Waals surface area contributed by atoms with Crippen LogP contribution in [-0.2, 0) is 18.9 Å². The number of ether oxygens (including phenoxy) is 5. The first-order valence-corrected chi connectivity index (χ1v) is 12.4. The van der Waals surface area contributed by atoms with Crippen molar-refractivity contribution in [1.29, 1.82) is 0 Å². The molecule has 0 aromatic rings. The van der Waals surface area contributed by atoms with Gasteiger partial charge in [-0.25, -0.2) is 0 Å². The van der Waals surface area contributed by atoms with Gasteiger partial charge in [-0.05, 0) is 19.3 Å². The number of aliphatic hydroxyl groups is 9. The number of hydrogen-bond acceptors (Lipinski definition) is 11. The van der Waals surface area contributed by atoms with Gasteiger partial charge in [-0.15, -0.1) is 0 Å². The van der Waals surface area contributed by atoms with Crippen molar-refractivity contribution in [3.05, 3.63) is 0 Å². The molecule has 35 heavy (non-hydrogen) atoms. The van der Waals surface area contributed by atoms with E-state index in [9.17, 15) is 35.7 Å². The molecule has 13 atom stereocenters. The summed E-state index contributed by atoms with van der Waals surface area (Å²) in [6.07, 6.45) is -9.70. The Morgan fingerprint density at radius 2 is 1.43 bits per heavy atom. The molecule has 12 heteroatoms. The van der Waals surface area contributed by atoms with Gasteiger partial charge in [0.15, 0.2) is 18.5 Å². The number of fused-ring (bicyclic) bond motifs is 1. The highest BCUT2D eigenvalue weighted by molar-refractivity contribution is 5.00. The Morgan fingerprint density at radius 3 is 2.03 bits per heavy atom. The SMILES string of the molecule is COC1CC(C2[OH+]C3CC(O)CC(O)C3CC2OC2OC(CO)C(O)C(O)C2O)CC(OC)C1O. The average Bonchev–Trinajstić information content (AvgIpc) is 2.84. The number of rotatable bonds is 6. The minimum atomic E-state index is -1.58. The molecule has 0 bridgehead atoms. The van der Waals surface area contributed by atoms with Gasteiger partial charge < -0.3 is 59.4 Å². The Kier molecular flexibility index (Phi) is 9.05. The lowest BCUT2D eigenvalue weighted by Crippen LogP contribution is -2.63. The van der Waals surface area contributed by atoms with Crippen LogP contribution in [0.3, 0.4) is 0 Å². The van der Waals surface area contributed by atoms with Crippen molar-refractivity contribution < 1.29 is 59.4 Å². The van der Waals surface area contributed by atoms with Gasteiger partial charge in [-0.1, -0.05) is 0 Å². The highest BCUT2D eigenvalue weighted by Gasteiger charge is 2.55. The van der Waals surface area contributed by atoms with E-state index in [-0.39, 0.29) is 24.4 Å². The maximum Gasteiger partial charge on any atom is 0.187 e. The molecular weight excluding hydrogens is 468 g/mol. The van der Waals surface area contributed by atoms with E-state index in [0.29, 0.717) is 25.7 Å². The standard InChI is InChI=1S/C23H40O12/c1-31-14-3-9(4-15(32-2)18(14)27)22-16(7-11-12(26)5-10(25)6-13(11)33-22)34-23-21(30)20(29)19(28)17(8-24)35-23/h9-30H,3-8H2,1-2H3/p+1. The van der Waals surface area contributed by atoms with Crippen molar-refractivity contribution in [2.75, 3.05) is 20.8 Å². The quantitative estimate of drug-likeness (QED) is 0.178. The zero-order chi connectivity index (χ0) is 25.4. The van der Waals surface area contributed by atoms with Gasteiger partial charge in [-0.2, -0.15) is 0 Å². The molecule has 4 fully saturated rings. The molecule has 0 radical (unpaired) electrons. The first kappa shape index (κ1) is 27.6. The second kappa shape index (κ2) is 11.5. The van der Waals surface area contributed by atoms with Crippen molar-refractivity contribution in [2.45, 2.75) is 112 Å². The normalized spacial score (nSPS) is 53.2. The summed E-state index contributed by atoms with van der Waals surface area (Å²) in [6.45, 7) is -0.573. The van der Waals surface area contributed by atoms with Crippen LogP contribution in [0, 0.1) is 11.8 Å². The monoisotopic (exact) mass is 509 g/mol. The predicted octanol–water partition coefficient (Wildman–Crippen LogP) is -3.23. The smallest absolute Gasteiger partial charge is 0.187 e. The molecular formula is C23H41O12+. The molecule has 12 nitrogen and oxygen atoms in total. The summed E-state index contributed by atoms with van der Waals surface area (Å²) in [5, 5.41) is 71.9. The van der Waals surface area contributed by atoms with Crippen LogP contribution >= 0.6 is 0 Å². The summed E-state index contributed by atoms with van der Waals surface area (Å²) in [4.78, 5) is 0. The first-order valence-electron chi connectivity index (χ1n) is 12.4. The minimum Gasteiger partial charge on any atom is -0.427 e. The summed E-state index contributed by atoms with van der Waals surface area (Å²) >= 11 is 0. The van der Waals surface area contributed by atoms with Crippen LogP contribution in [0.2, 0.25) is 0 Å². The first-order chi connectivity index (χ1) is 16.7. The van der Waals surface area contributed by atoms with Crippen LogP contribution in [0.25, 0.3) is 0 Å². The molecule has 2 aliphatic heterocycles. The molecule has 0 aromatic carbocycles. The minimum absolute atomic E-state index is 0.139. The molecule has 13 unspecified atom stereocenters. The highest BCUT2D eigenvalue weighted by atomic mass is 16.7. The van der Waals surface area contributed by atoms with Gasteiger partial charge in [0.2, 0.25) is 0 Å². The van der Waals surface area contributed by atoms with Gasteiger partial charge in [0.25, 0.3) is 0 Å². The summed E-state index contributed by atoms with van der Waals surface area (Å²) in [7, 11) is 3.04. The van der Waals surface area contributed by atoms with Gasteiger partial charge >= 0.3 is 0 Å². The van der Waals surface area contributed by atoms with Crippen molar-refractivity contribution in [3.63, 3.8) is 0 Å². The molecule has 204 valence electrons. The Labute approximate surface area is 204 Å². The molecule has 8 N–H and O–H groups in total. The van der Waals surface area contributed by atoms with E-state index in [1.54, 1.807) is 0 Å². The molecule has 2 aliphatic carbocycles. The zero-order valence-electron chi connectivity index (χ0n) is 20.1. The van der Waals surface area contributed by atoms with Crippen LogP contribution in [0.5, 0.6) is 0 Å². The zero-order valence-corrected chi connectivity index (χ0v) is 20.1. The number of aliphatic hydroxyl groups excluding tert-OH is 7. The Balaban J connectivity index is 1.58. The lowest BCUT2D eigenvalue weighted by Gasteiger charge is -2.49. The van der Waals surface area contributed by atoms with Crippen molar-refractivity contribution in [1.82, 2.24) is 0 Å². The molecule has 4 rings (SSSR count). The second-order valence-electron chi connectivity index (χ2n) is 10.4. The van der Waals surface area contributed by atoms with Crippen molar-refractivity contribution in [3.8, 4) is 0 Å². The van der Waals surface area contributed by atoms with E-state index in [1.165, 1.54) is 14.2 Å². The third-order valence-electron chi connectivity index (χ3n) is 8.34. The van der Waals surface area contributed by atoms with Crippen LogP contribution in [0.1, 0.15) is 32.1 Å². The molecule has 0 aromatic heterocycles. The van der Waals surface area contributed by atoms with Gasteiger partial charge in [-0.3, -0.25) is 0 Å². The van der Waals surface area contributed by atoms with E-state index in [1.807, 2.05) is 0 Å². The van der Waals surface area contributed by atoms with Crippen molar-refractivity contribution in [2.24, 2.45) is 11.8 Å². The molecule has 2 saturated heterocycles.